The molecule has 2 heterocycles. The smallest absolute Gasteiger partial charge is 0.256 e. The molecule has 5 amide bonds. The van der Waals surface area contributed by atoms with E-state index in [-0.39, 0.29) is 66.4 Å². The Morgan fingerprint density at radius 3 is 2.06 bits per heavy atom. The van der Waals surface area contributed by atoms with Gasteiger partial charge >= 0.3 is 0 Å². The van der Waals surface area contributed by atoms with Gasteiger partial charge in [0, 0.05) is 72.7 Å². The number of ether oxygens (including phenoxy) is 7. The minimum absolute atomic E-state index is 0.0278. The molecular weight excluding hydrogens is 1060 g/mol. The standard InChI is InChI=1S/C59H98N6O15S/c1-13-41(7)54(50(74-11)38-51(67)65-26-18-21-48(65)55(75-12)42(8)56(68)61-47(35-43-19-16-15-17-20-43)58(70)62-81(72,73)45-22-23-45)64(10)59(71)46(39(3)4)37-49(66)53(40(5)6)63(9)27-30-77-32-34-78-33-31-76-29-25-60-57(69)44-24-28-80-52(36-44)79-14-2/h15-17,19-20,24,28,39-42,44-48,50,52-55H,13-14,18,21-23,25-27,29-38H2,1-12H3,(H,60,69)(H,61,68)(H,62,70)/t41-,42+,44?,46-,47-,48-,50+,52?,53-,54-,55+/m0/s1. The number of nitrogens with one attached hydrogen (secondary N) is 3. The molecule has 2 unspecified atom stereocenters. The fourth-order valence-electron chi connectivity index (χ4n) is 11.0. The number of likely N-dealkylation sites (tertiary alicyclic amines) is 1. The number of carbonyl (C=O) groups excluding carboxylic acids is 6. The Morgan fingerprint density at radius 1 is 0.815 bits per heavy atom. The molecular formula is C59H98N6O15S. The second-order valence-electron chi connectivity index (χ2n) is 22.6. The van der Waals surface area contributed by atoms with Crippen LogP contribution in [0.4, 0.5) is 0 Å². The number of amides is 5. The molecule has 2 fully saturated rings. The van der Waals surface area contributed by atoms with Gasteiger partial charge in [0.15, 0.2) is 12.1 Å². The molecule has 3 aliphatic rings. The number of methoxy groups -OCH3 is 2. The maximum Gasteiger partial charge on any atom is 0.256 e. The summed E-state index contributed by atoms with van der Waals surface area (Å²) < 4.78 is 67.8. The maximum atomic E-state index is 14.8. The van der Waals surface area contributed by atoms with Gasteiger partial charge in [-0.3, -0.25) is 38.4 Å². The number of ketones is 1. The summed E-state index contributed by atoms with van der Waals surface area (Å²) in [5, 5.41) is 5.05. The van der Waals surface area contributed by atoms with Gasteiger partial charge < -0.3 is 53.6 Å². The molecule has 460 valence electrons. The molecule has 21 nitrogen and oxygen atoms in total. The molecule has 11 atom stereocenters. The average Bonchev–Trinajstić information content (AvgIpc) is 4.27. The monoisotopic (exact) mass is 1160 g/mol. The molecule has 3 N–H and O–H groups in total. The van der Waals surface area contributed by atoms with Crippen molar-refractivity contribution >= 4 is 45.3 Å². The molecule has 1 aromatic rings. The van der Waals surface area contributed by atoms with Crippen LogP contribution in [0.3, 0.4) is 0 Å². The third kappa shape index (κ3) is 21.5. The lowest BCUT2D eigenvalue weighted by Gasteiger charge is -2.41. The van der Waals surface area contributed by atoms with E-state index in [1.165, 1.54) is 20.5 Å². The molecule has 1 aliphatic carbocycles. The Hall–Kier alpha value is -4.55. The molecule has 0 spiro atoms. The van der Waals surface area contributed by atoms with Crippen molar-refractivity contribution in [3.8, 4) is 0 Å². The summed E-state index contributed by atoms with van der Waals surface area (Å²) in [6, 6.07) is 6.32. The van der Waals surface area contributed by atoms with E-state index in [0.29, 0.717) is 104 Å². The predicted molar refractivity (Wildman–Crippen MR) is 307 cm³/mol. The van der Waals surface area contributed by atoms with E-state index in [1.54, 1.807) is 54.1 Å². The van der Waals surface area contributed by atoms with E-state index in [4.69, 9.17) is 33.2 Å². The summed E-state index contributed by atoms with van der Waals surface area (Å²) in [4.78, 5) is 89.1. The minimum atomic E-state index is -3.89. The number of nitrogens with zero attached hydrogens (tertiary/aromatic N) is 3. The molecule has 0 bridgehead atoms. The normalized spacial score (nSPS) is 20.4. The second-order valence-corrected chi connectivity index (χ2v) is 24.5. The van der Waals surface area contributed by atoms with Crippen LogP contribution < -0.4 is 15.4 Å². The van der Waals surface area contributed by atoms with E-state index in [1.807, 2.05) is 66.5 Å². The Morgan fingerprint density at radius 2 is 1.47 bits per heavy atom. The number of hydrogen-bond acceptors (Lipinski definition) is 16. The lowest BCUT2D eigenvalue weighted by molar-refractivity contribution is -0.149. The van der Waals surface area contributed by atoms with E-state index < -0.39 is 81.6 Å². The third-order valence-electron chi connectivity index (χ3n) is 15.9. The van der Waals surface area contributed by atoms with Crippen LogP contribution in [0.25, 0.3) is 0 Å². The highest BCUT2D eigenvalue weighted by Gasteiger charge is 2.44. The van der Waals surface area contributed by atoms with Gasteiger partial charge in [-0.05, 0) is 69.0 Å². The molecule has 1 saturated carbocycles. The Bertz CT molecular complexity index is 2250. The van der Waals surface area contributed by atoms with Gasteiger partial charge in [-0.25, -0.2) is 8.42 Å². The van der Waals surface area contributed by atoms with Crippen LogP contribution in [-0.4, -0.2) is 201 Å². The first-order valence-electron chi connectivity index (χ1n) is 29.3. The summed E-state index contributed by atoms with van der Waals surface area (Å²) in [6.45, 7) is 19.4. The summed E-state index contributed by atoms with van der Waals surface area (Å²) in [7, 11) is 2.75. The Labute approximate surface area is 483 Å². The van der Waals surface area contributed by atoms with Gasteiger partial charge in [-0.1, -0.05) is 85.2 Å². The maximum absolute atomic E-state index is 14.8. The number of Topliss-reactive ketones (excluding diaryl/α,β-unsaturated/α-hetero) is 1. The third-order valence-corrected chi connectivity index (χ3v) is 17.7. The van der Waals surface area contributed by atoms with Gasteiger partial charge in [0.25, 0.3) is 5.91 Å². The van der Waals surface area contributed by atoms with Gasteiger partial charge in [-0.2, -0.15) is 0 Å². The zero-order chi connectivity index (χ0) is 59.8. The molecule has 2 aliphatic heterocycles. The summed E-state index contributed by atoms with van der Waals surface area (Å²) in [6.07, 6.45) is 4.63. The SMILES string of the molecule is CCOC1CC(C(=O)NCCOCCOCCOCCN(C)[C@H](C(=O)C[C@H](C(=O)N(C)[C@@H]([C@@H](C)CC)[C@@H](CC(=O)N2CCC[C@H]2[C@H](OC)[C@@H](C)C(=O)N[C@@H](Cc2ccccc2)C(=O)NS(=O)(=O)C2CC2)OC)C(C)C)C(C)C)C=CO1. The number of hydrogen-bond donors (Lipinski definition) is 3. The lowest BCUT2D eigenvalue weighted by Crippen LogP contribution is -2.55. The van der Waals surface area contributed by atoms with E-state index >= 15 is 0 Å². The minimum Gasteiger partial charge on any atom is -0.473 e. The van der Waals surface area contributed by atoms with Crippen LogP contribution in [-0.2, 0) is 78.4 Å². The number of sulfonamides is 1. The van der Waals surface area contributed by atoms with Crippen molar-refractivity contribution in [2.75, 3.05) is 94.2 Å². The van der Waals surface area contributed by atoms with Gasteiger partial charge in [0.2, 0.25) is 33.7 Å². The van der Waals surface area contributed by atoms with Crippen LogP contribution >= 0.6 is 0 Å². The molecule has 1 aromatic carbocycles. The second kappa shape index (κ2) is 34.9. The zero-order valence-corrected chi connectivity index (χ0v) is 51.2. The van der Waals surface area contributed by atoms with Crippen molar-refractivity contribution in [2.24, 2.45) is 35.5 Å². The number of carbonyl (C=O) groups is 6. The molecule has 1 saturated heterocycles. The van der Waals surface area contributed by atoms with Gasteiger partial charge in [0.05, 0.1) is 99.7 Å². The highest BCUT2D eigenvalue weighted by Crippen LogP contribution is 2.32. The molecule has 0 aromatic heterocycles. The van der Waals surface area contributed by atoms with E-state index in [0.717, 1.165) is 5.56 Å². The summed E-state index contributed by atoms with van der Waals surface area (Å²) in [5.74, 6) is -4.06. The molecule has 0 radical (unpaired) electrons. The van der Waals surface area contributed by atoms with Crippen molar-refractivity contribution < 1.29 is 70.3 Å². The highest BCUT2D eigenvalue weighted by atomic mass is 32.2. The number of benzene rings is 1. The van der Waals surface area contributed by atoms with Crippen molar-refractivity contribution in [2.45, 2.75) is 161 Å². The van der Waals surface area contributed by atoms with Crippen molar-refractivity contribution in [1.29, 1.82) is 0 Å². The van der Waals surface area contributed by atoms with Crippen LogP contribution in [0, 0.1) is 35.5 Å². The van der Waals surface area contributed by atoms with Crippen LogP contribution in [0.15, 0.2) is 42.7 Å². The zero-order valence-electron chi connectivity index (χ0n) is 50.4. The van der Waals surface area contributed by atoms with Gasteiger partial charge in [0.1, 0.15) is 6.04 Å². The lowest BCUT2D eigenvalue weighted by atomic mass is 9.83. The van der Waals surface area contributed by atoms with Crippen LogP contribution in [0.1, 0.15) is 112 Å². The van der Waals surface area contributed by atoms with E-state index in [9.17, 15) is 37.2 Å². The van der Waals surface area contributed by atoms with Crippen molar-refractivity contribution in [3.05, 3.63) is 48.2 Å². The fraction of sp³-hybridized carbons (Fsp3) is 0.763. The van der Waals surface area contributed by atoms with Gasteiger partial charge in [-0.15, -0.1) is 0 Å². The first-order valence-corrected chi connectivity index (χ1v) is 30.8. The fourth-order valence-corrected chi connectivity index (χ4v) is 12.3. The predicted octanol–water partition coefficient (Wildman–Crippen LogP) is 4.51. The highest BCUT2D eigenvalue weighted by molar-refractivity contribution is 7.90. The van der Waals surface area contributed by atoms with Crippen molar-refractivity contribution in [1.82, 2.24) is 30.1 Å². The first-order chi connectivity index (χ1) is 38.6. The van der Waals surface area contributed by atoms with Crippen molar-refractivity contribution in [3.63, 3.8) is 0 Å². The van der Waals surface area contributed by atoms with Crippen LogP contribution in [0.2, 0.25) is 0 Å². The Balaban J connectivity index is 1.29. The molecule has 4 rings (SSSR count). The number of likely N-dealkylation sites (N-methyl/N-ethyl adjacent to an activating group) is 2. The summed E-state index contributed by atoms with van der Waals surface area (Å²) in [5.41, 5.74) is 0.730. The Kier molecular flexibility index (Phi) is 29.7. The topological polar surface area (TPSA) is 247 Å². The molecule has 22 heteroatoms. The quantitative estimate of drug-likeness (QED) is 0.0768. The van der Waals surface area contributed by atoms with E-state index in [2.05, 4.69) is 15.4 Å². The largest absolute Gasteiger partial charge is 0.473 e. The first kappa shape index (κ1) is 68.9. The molecule has 81 heavy (non-hydrogen) atoms. The summed E-state index contributed by atoms with van der Waals surface area (Å²) >= 11 is 0. The van der Waals surface area contributed by atoms with Crippen LogP contribution in [0.5, 0.6) is 0 Å². The average molecular weight is 1160 g/mol. The number of rotatable bonds is 39.